The van der Waals surface area contributed by atoms with Crippen molar-refractivity contribution >= 4 is 5.69 Å². The highest BCUT2D eigenvalue weighted by molar-refractivity contribution is 5.41. The molecular weight excluding hydrogens is 262 g/mol. The van der Waals surface area contributed by atoms with Crippen LogP contribution in [-0.2, 0) is 0 Å². The van der Waals surface area contributed by atoms with Gasteiger partial charge in [-0.25, -0.2) is 0 Å². The van der Waals surface area contributed by atoms with E-state index >= 15 is 0 Å². The zero-order valence-electron chi connectivity index (χ0n) is 13.4. The van der Waals surface area contributed by atoms with Gasteiger partial charge in [-0.2, -0.15) is 0 Å². The number of benzene rings is 1. The van der Waals surface area contributed by atoms with E-state index in [1.807, 2.05) is 24.3 Å². The summed E-state index contributed by atoms with van der Waals surface area (Å²) in [6.45, 7) is 7.79. The normalized spacial score (nSPS) is 17.3. The van der Waals surface area contributed by atoms with Crippen LogP contribution < -0.4 is 10.5 Å². The number of anilines is 1. The second-order valence-electron chi connectivity index (χ2n) is 5.92. The fourth-order valence-electron chi connectivity index (χ4n) is 2.93. The highest BCUT2D eigenvalue weighted by atomic mass is 16.5. The average molecular weight is 291 g/mol. The molecule has 0 aromatic heterocycles. The van der Waals surface area contributed by atoms with Gasteiger partial charge in [-0.3, -0.25) is 0 Å². The highest BCUT2D eigenvalue weighted by Crippen LogP contribution is 2.16. The Labute approximate surface area is 128 Å². The Morgan fingerprint density at radius 2 is 1.90 bits per heavy atom. The van der Waals surface area contributed by atoms with Crippen molar-refractivity contribution in [2.75, 3.05) is 45.6 Å². The maximum absolute atomic E-state index is 5.74. The molecule has 0 atom stereocenters. The van der Waals surface area contributed by atoms with Crippen LogP contribution in [0, 0.1) is 0 Å². The molecule has 0 amide bonds. The lowest BCUT2D eigenvalue weighted by atomic mass is 10.0. The Bertz CT molecular complexity index is 399. The van der Waals surface area contributed by atoms with E-state index in [0.717, 1.165) is 37.1 Å². The van der Waals surface area contributed by atoms with Crippen molar-refractivity contribution < 1.29 is 4.74 Å². The van der Waals surface area contributed by atoms with Gasteiger partial charge in [0.1, 0.15) is 5.75 Å². The minimum absolute atomic E-state index is 0.740. The summed E-state index contributed by atoms with van der Waals surface area (Å²) in [5, 5.41) is 0. The maximum Gasteiger partial charge on any atom is 0.119 e. The van der Waals surface area contributed by atoms with Gasteiger partial charge in [0.2, 0.25) is 0 Å². The van der Waals surface area contributed by atoms with Crippen molar-refractivity contribution in [3.8, 4) is 5.75 Å². The highest BCUT2D eigenvalue weighted by Gasteiger charge is 2.20. The Hall–Kier alpha value is -1.26. The molecule has 2 N–H and O–H groups in total. The zero-order chi connectivity index (χ0) is 15.1. The lowest BCUT2D eigenvalue weighted by Crippen LogP contribution is -2.43. The first-order valence-corrected chi connectivity index (χ1v) is 8.10. The summed E-state index contributed by atoms with van der Waals surface area (Å²) < 4.78 is 5.74. The number of nitrogens with zero attached hydrogens (tertiary/aromatic N) is 2. The third kappa shape index (κ3) is 5.21. The molecule has 2 rings (SSSR count). The second kappa shape index (κ2) is 8.25. The Morgan fingerprint density at radius 3 is 2.52 bits per heavy atom. The van der Waals surface area contributed by atoms with Crippen molar-refractivity contribution in [3.63, 3.8) is 0 Å². The van der Waals surface area contributed by atoms with E-state index in [1.165, 1.54) is 32.5 Å². The van der Waals surface area contributed by atoms with E-state index in [0.29, 0.717) is 0 Å². The molecule has 1 aromatic rings. The van der Waals surface area contributed by atoms with E-state index in [4.69, 9.17) is 10.5 Å². The van der Waals surface area contributed by atoms with Crippen LogP contribution in [0.25, 0.3) is 0 Å². The fourth-order valence-corrected chi connectivity index (χ4v) is 2.93. The number of nitrogen functional groups attached to an aromatic ring is 1. The molecule has 1 heterocycles. The minimum atomic E-state index is 0.740. The van der Waals surface area contributed by atoms with Gasteiger partial charge in [0, 0.05) is 18.3 Å². The summed E-state index contributed by atoms with van der Waals surface area (Å²) in [5.74, 6) is 0.906. The first kappa shape index (κ1) is 16.1. The number of ether oxygens (including phenoxy) is 1. The lowest BCUT2D eigenvalue weighted by Gasteiger charge is -2.36. The predicted molar refractivity (Wildman–Crippen MR) is 88.7 cm³/mol. The topological polar surface area (TPSA) is 41.7 Å². The number of piperidine rings is 1. The van der Waals surface area contributed by atoms with Gasteiger partial charge in [0.05, 0.1) is 6.61 Å². The summed E-state index contributed by atoms with van der Waals surface area (Å²) >= 11 is 0. The number of nitrogens with two attached hydrogens (primary N) is 1. The first-order valence-electron chi connectivity index (χ1n) is 8.10. The molecule has 21 heavy (non-hydrogen) atoms. The van der Waals surface area contributed by atoms with Crippen molar-refractivity contribution in [1.82, 2.24) is 9.80 Å². The van der Waals surface area contributed by atoms with E-state index in [-0.39, 0.29) is 0 Å². The van der Waals surface area contributed by atoms with Crippen molar-refractivity contribution in [3.05, 3.63) is 24.3 Å². The van der Waals surface area contributed by atoms with Crippen LogP contribution in [0.3, 0.4) is 0 Å². The molecule has 118 valence electrons. The smallest absolute Gasteiger partial charge is 0.119 e. The largest absolute Gasteiger partial charge is 0.494 e. The van der Waals surface area contributed by atoms with Crippen LogP contribution in [-0.4, -0.2) is 55.7 Å². The van der Waals surface area contributed by atoms with Crippen LogP contribution >= 0.6 is 0 Å². The van der Waals surface area contributed by atoms with Gasteiger partial charge < -0.3 is 20.3 Å². The molecule has 0 unspecified atom stereocenters. The first-order chi connectivity index (χ1) is 10.2. The number of hydrogen-bond donors (Lipinski definition) is 1. The molecule has 0 saturated carbocycles. The summed E-state index contributed by atoms with van der Waals surface area (Å²) in [7, 11) is 2.25. The van der Waals surface area contributed by atoms with Crippen LogP contribution in [0.2, 0.25) is 0 Å². The summed E-state index contributed by atoms with van der Waals surface area (Å²) in [6.07, 6.45) is 3.65. The SMILES string of the molecule is CCN1CCC(N(C)CCCOc2ccc(N)cc2)CC1. The molecule has 0 bridgehead atoms. The molecule has 1 aliphatic rings. The van der Waals surface area contributed by atoms with Crippen LogP contribution in [0.4, 0.5) is 5.69 Å². The Kier molecular flexibility index (Phi) is 6.33. The molecule has 1 aliphatic heterocycles. The monoisotopic (exact) mass is 291 g/mol. The molecule has 4 nitrogen and oxygen atoms in total. The molecule has 0 radical (unpaired) electrons. The van der Waals surface area contributed by atoms with E-state index in [9.17, 15) is 0 Å². The van der Waals surface area contributed by atoms with E-state index in [1.54, 1.807) is 0 Å². The van der Waals surface area contributed by atoms with E-state index < -0.39 is 0 Å². The molecule has 1 aromatic carbocycles. The standard InChI is InChI=1S/C17H29N3O/c1-3-20-12-9-16(10-13-20)19(2)11-4-14-21-17-7-5-15(18)6-8-17/h5-8,16H,3-4,9-14,18H2,1-2H3. The van der Waals surface area contributed by atoms with Gasteiger partial charge in [-0.05, 0) is 70.2 Å². The fraction of sp³-hybridized carbons (Fsp3) is 0.647. The van der Waals surface area contributed by atoms with Gasteiger partial charge in [-0.1, -0.05) is 6.92 Å². The number of likely N-dealkylation sites (tertiary alicyclic amines) is 1. The summed E-state index contributed by atoms with van der Waals surface area (Å²) in [6, 6.07) is 8.36. The van der Waals surface area contributed by atoms with E-state index in [2.05, 4.69) is 23.8 Å². The predicted octanol–water partition coefficient (Wildman–Crippen LogP) is 2.45. The van der Waals surface area contributed by atoms with Crippen LogP contribution in [0.1, 0.15) is 26.2 Å². The van der Waals surface area contributed by atoms with Crippen molar-refractivity contribution in [2.24, 2.45) is 0 Å². The molecule has 4 heteroatoms. The van der Waals surface area contributed by atoms with Gasteiger partial charge >= 0.3 is 0 Å². The van der Waals surface area contributed by atoms with Gasteiger partial charge in [-0.15, -0.1) is 0 Å². The number of hydrogen-bond acceptors (Lipinski definition) is 4. The third-order valence-electron chi connectivity index (χ3n) is 4.43. The van der Waals surface area contributed by atoms with Crippen molar-refractivity contribution in [1.29, 1.82) is 0 Å². The van der Waals surface area contributed by atoms with Crippen LogP contribution in [0.15, 0.2) is 24.3 Å². The third-order valence-corrected chi connectivity index (χ3v) is 4.43. The minimum Gasteiger partial charge on any atom is -0.494 e. The average Bonchev–Trinajstić information content (AvgIpc) is 2.53. The zero-order valence-corrected chi connectivity index (χ0v) is 13.4. The summed E-state index contributed by atoms with van der Waals surface area (Å²) in [4.78, 5) is 5.04. The Morgan fingerprint density at radius 1 is 1.24 bits per heavy atom. The summed E-state index contributed by atoms with van der Waals surface area (Å²) in [5.41, 5.74) is 6.44. The van der Waals surface area contributed by atoms with Crippen LogP contribution in [0.5, 0.6) is 5.75 Å². The van der Waals surface area contributed by atoms with Gasteiger partial charge in [0.15, 0.2) is 0 Å². The van der Waals surface area contributed by atoms with Gasteiger partial charge in [0.25, 0.3) is 0 Å². The lowest BCUT2D eigenvalue weighted by molar-refractivity contribution is 0.126. The quantitative estimate of drug-likeness (QED) is 0.619. The molecular formula is C17H29N3O. The number of rotatable bonds is 7. The van der Waals surface area contributed by atoms with Crippen molar-refractivity contribution in [2.45, 2.75) is 32.2 Å². The maximum atomic E-state index is 5.74. The molecule has 1 saturated heterocycles. The molecule has 1 fully saturated rings. The molecule has 0 aliphatic carbocycles. The Balaban J connectivity index is 1.61. The second-order valence-corrected chi connectivity index (χ2v) is 5.92. The molecule has 0 spiro atoms.